The molecule has 2 saturated heterocycles. The Morgan fingerprint density at radius 1 is 1.00 bits per heavy atom. The van der Waals surface area contributed by atoms with E-state index >= 15 is 0 Å². The molecule has 232 valence electrons. The summed E-state index contributed by atoms with van der Waals surface area (Å²) < 4.78 is 12.3. The molecule has 6 atom stereocenters. The second-order valence-electron chi connectivity index (χ2n) is 11.8. The molecule has 10 heteroatoms. The molecule has 4 heterocycles. The van der Waals surface area contributed by atoms with E-state index in [1.807, 2.05) is 42.5 Å². The lowest BCUT2D eigenvalue weighted by atomic mass is 9.77. The summed E-state index contributed by atoms with van der Waals surface area (Å²) in [6.07, 6.45) is 11.0. The van der Waals surface area contributed by atoms with Gasteiger partial charge in [-0.15, -0.1) is 0 Å². The summed E-state index contributed by atoms with van der Waals surface area (Å²) in [6, 6.07) is 7.74. The van der Waals surface area contributed by atoms with Crippen molar-refractivity contribution in [1.29, 1.82) is 0 Å². The average Bonchev–Trinajstić information content (AvgIpc) is 3.39. The van der Waals surface area contributed by atoms with Crippen molar-refractivity contribution < 1.29 is 33.8 Å². The Bertz CT molecular complexity index is 1230. The van der Waals surface area contributed by atoms with Crippen LogP contribution in [0.1, 0.15) is 63.5 Å². The zero-order valence-electron chi connectivity index (χ0n) is 24.9. The number of aliphatic hydroxyl groups is 1. The molecular formula is C33H43N3O7. The molecule has 1 spiro atoms. The number of carbonyl (C=O) groups excluding carboxylic acids is 4. The molecule has 0 saturated carbocycles. The van der Waals surface area contributed by atoms with Gasteiger partial charge < -0.3 is 29.7 Å². The minimum atomic E-state index is -1.32. The maximum atomic E-state index is 14.3. The molecule has 5 rings (SSSR count). The molecule has 4 aliphatic heterocycles. The maximum absolute atomic E-state index is 14.3. The van der Waals surface area contributed by atoms with Crippen LogP contribution >= 0.6 is 0 Å². The molecule has 2 fully saturated rings. The van der Waals surface area contributed by atoms with E-state index in [0.717, 1.165) is 24.8 Å². The second kappa shape index (κ2) is 13.9. The molecule has 1 aromatic rings. The van der Waals surface area contributed by atoms with Crippen molar-refractivity contribution in [3.8, 4) is 0 Å². The van der Waals surface area contributed by atoms with Crippen LogP contribution in [0.3, 0.4) is 0 Å². The minimum absolute atomic E-state index is 0.0158. The molecule has 0 bridgehead atoms. The van der Waals surface area contributed by atoms with Crippen molar-refractivity contribution in [2.75, 3.05) is 32.8 Å². The van der Waals surface area contributed by atoms with Crippen molar-refractivity contribution in [2.24, 2.45) is 11.8 Å². The van der Waals surface area contributed by atoms with Gasteiger partial charge in [-0.05, 0) is 31.2 Å². The topological polar surface area (TPSA) is 125 Å². The number of ether oxygens (including phenoxy) is 2. The Morgan fingerprint density at radius 3 is 2.56 bits per heavy atom. The van der Waals surface area contributed by atoms with Crippen LogP contribution in [0, 0.1) is 11.8 Å². The number of rotatable bonds is 9. The summed E-state index contributed by atoms with van der Waals surface area (Å²) in [5.74, 6) is -3.05. The van der Waals surface area contributed by atoms with Crippen LogP contribution in [0.4, 0.5) is 0 Å². The highest BCUT2D eigenvalue weighted by atomic mass is 16.5. The van der Waals surface area contributed by atoms with E-state index in [4.69, 9.17) is 9.47 Å². The lowest BCUT2D eigenvalue weighted by Gasteiger charge is -2.35. The Balaban J connectivity index is 1.53. The fourth-order valence-electron chi connectivity index (χ4n) is 6.87. The first-order valence-electron chi connectivity index (χ1n) is 15.6. The Hall–Kier alpha value is -3.50. The van der Waals surface area contributed by atoms with Crippen molar-refractivity contribution >= 4 is 23.7 Å². The number of cyclic esters (lactones) is 1. The molecule has 1 aromatic carbocycles. The van der Waals surface area contributed by atoms with E-state index in [0.29, 0.717) is 32.4 Å². The monoisotopic (exact) mass is 593 g/mol. The van der Waals surface area contributed by atoms with Gasteiger partial charge in [0.05, 0.1) is 24.0 Å². The second-order valence-corrected chi connectivity index (χ2v) is 11.8. The summed E-state index contributed by atoms with van der Waals surface area (Å²) in [5.41, 5.74) is -0.548. The number of carbonyl (C=O) groups is 4. The van der Waals surface area contributed by atoms with E-state index in [-0.39, 0.29) is 44.0 Å². The number of unbranched alkanes of at least 4 members (excludes halogenated alkanes) is 3. The standard InChI is InChI=1S/C33H43N3O7/c1-2-3-9-18-35-19-12-17-33-28(31(40)36(20-10-11-21-37)29(33)32(35)41)27-25(43-33)15-7-8-16-26(38)42-22-24(34-30(27)39)23-13-5-4-6-14-23/h4-7,12-15,17,24-25,27-29,37H,2-3,8-11,16,18-22H2,1H3,(H,34,39)/b15-7-/t24-,25+,27-,28-,29+,33-/m0/s1. The van der Waals surface area contributed by atoms with Gasteiger partial charge in [-0.2, -0.15) is 0 Å². The largest absolute Gasteiger partial charge is 0.463 e. The molecule has 0 aromatic heterocycles. The zero-order valence-corrected chi connectivity index (χ0v) is 24.9. The van der Waals surface area contributed by atoms with E-state index in [1.165, 1.54) is 0 Å². The quantitative estimate of drug-likeness (QED) is 0.256. The predicted octanol–water partition coefficient (Wildman–Crippen LogP) is 2.68. The number of nitrogens with one attached hydrogen (secondary N) is 1. The van der Waals surface area contributed by atoms with Crippen molar-refractivity contribution in [3.63, 3.8) is 0 Å². The van der Waals surface area contributed by atoms with Crippen LogP contribution in [0.25, 0.3) is 0 Å². The molecule has 10 nitrogen and oxygen atoms in total. The van der Waals surface area contributed by atoms with Gasteiger partial charge in [0.2, 0.25) is 17.7 Å². The summed E-state index contributed by atoms with van der Waals surface area (Å²) >= 11 is 0. The first-order chi connectivity index (χ1) is 20.9. The number of esters is 1. The Morgan fingerprint density at radius 2 is 1.79 bits per heavy atom. The molecule has 0 radical (unpaired) electrons. The third-order valence-corrected chi connectivity index (χ3v) is 8.99. The van der Waals surface area contributed by atoms with Crippen molar-refractivity contribution in [3.05, 3.63) is 60.2 Å². The third kappa shape index (κ3) is 6.26. The van der Waals surface area contributed by atoms with Gasteiger partial charge >= 0.3 is 5.97 Å². The number of nitrogens with zero attached hydrogens (tertiary/aromatic N) is 2. The number of hydrogen-bond acceptors (Lipinski definition) is 7. The minimum Gasteiger partial charge on any atom is -0.463 e. The van der Waals surface area contributed by atoms with E-state index in [1.54, 1.807) is 22.0 Å². The predicted molar refractivity (Wildman–Crippen MR) is 158 cm³/mol. The van der Waals surface area contributed by atoms with Gasteiger partial charge in [0.1, 0.15) is 18.2 Å². The number of amides is 3. The van der Waals surface area contributed by atoms with E-state index in [9.17, 15) is 24.3 Å². The fourth-order valence-corrected chi connectivity index (χ4v) is 6.87. The highest BCUT2D eigenvalue weighted by molar-refractivity contribution is 5.99. The van der Waals surface area contributed by atoms with Crippen molar-refractivity contribution in [2.45, 2.75) is 75.7 Å². The van der Waals surface area contributed by atoms with Crippen LogP contribution in [0.15, 0.2) is 54.6 Å². The Labute approximate surface area is 253 Å². The molecule has 43 heavy (non-hydrogen) atoms. The van der Waals surface area contributed by atoms with Crippen LogP contribution in [-0.4, -0.2) is 89.2 Å². The molecule has 4 aliphatic rings. The molecular weight excluding hydrogens is 550 g/mol. The first-order valence-corrected chi connectivity index (χ1v) is 15.6. The number of allylic oxidation sites excluding steroid dienone is 1. The third-order valence-electron chi connectivity index (χ3n) is 8.99. The lowest BCUT2D eigenvalue weighted by molar-refractivity contribution is -0.148. The summed E-state index contributed by atoms with van der Waals surface area (Å²) in [5, 5.41) is 12.5. The number of aliphatic hydroxyl groups excluding tert-OH is 1. The van der Waals surface area contributed by atoms with Crippen molar-refractivity contribution in [1.82, 2.24) is 15.1 Å². The molecule has 0 aliphatic carbocycles. The lowest BCUT2D eigenvalue weighted by Crippen LogP contribution is -2.55. The fraction of sp³-hybridized carbons (Fsp3) is 0.576. The normalized spacial score (nSPS) is 31.7. The van der Waals surface area contributed by atoms with Gasteiger partial charge in [0.25, 0.3) is 0 Å². The highest BCUT2D eigenvalue weighted by Gasteiger charge is 2.71. The van der Waals surface area contributed by atoms with Crippen LogP contribution < -0.4 is 5.32 Å². The summed E-state index contributed by atoms with van der Waals surface area (Å²) in [6.45, 7) is 3.32. The van der Waals surface area contributed by atoms with Gasteiger partial charge in [-0.1, -0.05) is 74.4 Å². The van der Waals surface area contributed by atoms with Crippen LogP contribution in [0.2, 0.25) is 0 Å². The number of hydrogen-bond donors (Lipinski definition) is 2. The van der Waals surface area contributed by atoms with E-state index < -0.39 is 41.5 Å². The SMILES string of the molecule is CCCCCN1CC=C[C@]23O[C@@H]4/C=C\CCC(=O)OC[C@@H](c5ccccc5)NC(=O)[C@@H]4[C@H]2C(=O)N(CCCCO)[C@@H]3C1=O. The van der Waals surface area contributed by atoms with Gasteiger partial charge in [0.15, 0.2) is 0 Å². The first kappa shape index (κ1) is 30.9. The van der Waals surface area contributed by atoms with Crippen LogP contribution in [0.5, 0.6) is 0 Å². The van der Waals surface area contributed by atoms with Crippen LogP contribution in [-0.2, 0) is 28.7 Å². The number of benzene rings is 1. The number of fused-ring (bicyclic) bond motifs is 2. The molecule has 2 N–H and O–H groups in total. The van der Waals surface area contributed by atoms with Gasteiger partial charge in [0, 0.05) is 32.7 Å². The summed E-state index contributed by atoms with van der Waals surface area (Å²) in [7, 11) is 0. The smallest absolute Gasteiger partial charge is 0.306 e. The maximum Gasteiger partial charge on any atom is 0.306 e. The van der Waals surface area contributed by atoms with Gasteiger partial charge in [-0.3, -0.25) is 19.2 Å². The zero-order chi connectivity index (χ0) is 30.4. The highest BCUT2D eigenvalue weighted by Crippen LogP contribution is 2.53. The van der Waals surface area contributed by atoms with E-state index in [2.05, 4.69) is 12.2 Å². The number of likely N-dealkylation sites (tertiary alicyclic amines) is 1. The summed E-state index contributed by atoms with van der Waals surface area (Å²) in [4.78, 5) is 58.6. The van der Waals surface area contributed by atoms with Gasteiger partial charge in [-0.25, -0.2) is 0 Å². The average molecular weight is 594 g/mol. The Kier molecular flexibility index (Phi) is 9.97. The molecule has 3 amide bonds. The molecule has 0 unspecified atom stereocenters.